The third kappa shape index (κ3) is 5.42. The summed E-state index contributed by atoms with van der Waals surface area (Å²) in [6, 6.07) is 0.733. The Morgan fingerprint density at radius 3 is 2.82 bits per heavy atom. The van der Waals surface area contributed by atoms with E-state index < -0.39 is 34.5 Å². The molecule has 5 heterocycles. The summed E-state index contributed by atoms with van der Waals surface area (Å²) < 4.78 is 13.5. The van der Waals surface area contributed by atoms with Crippen LogP contribution in [0, 0.1) is 28.1 Å². The molecule has 260 valence electrons. The van der Waals surface area contributed by atoms with Gasteiger partial charge in [0.15, 0.2) is 11.2 Å². The van der Waals surface area contributed by atoms with Gasteiger partial charge in [-0.05, 0) is 43.6 Å². The van der Waals surface area contributed by atoms with Gasteiger partial charge in [-0.2, -0.15) is 4.99 Å². The van der Waals surface area contributed by atoms with Crippen LogP contribution in [-0.2, 0) is 16.6 Å². The summed E-state index contributed by atoms with van der Waals surface area (Å²) in [6.07, 6.45) is 8.05. The van der Waals surface area contributed by atoms with E-state index in [1.165, 1.54) is 0 Å². The van der Waals surface area contributed by atoms with Gasteiger partial charge in [0, 0.05) is 36.7 Å². The molecule has 1 saturated heterocycles. The minimum atomic E-state index is -0.795. The summed E-state index contributed by atoms with van der Waals surface area (Å²) in [6.45, 7) is 6.54. The number of aliphatic hydroxyl groups is 2. The van der Waals surface area contributed by atoms with Crippen LogP contribution >= 0.6 is 0 Å². The van der Waals surface area contributed by atoms with Gasteiger partial charge in [-0.25, -0.2) is 15.0 Å². The first kappa shape index (κ1) is 33.0. The van der Waals surface area contributed by atoms with E-state index in [0.717, 1.165) is 0 Å². The zero-order valence-electron chi connectivity index (χ0n) is 27.7. The van der Waals surface area contributed by atoms with E-state index in [2.05, 4.69) is 42.8 Å². The number of epoxide rings is 1. The molecular formula is C33H41N9O7. The lowest BCUT2D eigenvalue weighted by Gasteiger charge is -2.62. The first-order valence-electron chi connectivity index (χ1n) is 16.4. The first-order valence-corrected chi connectivity index (χ1v) is 16.4. The Morgan fingerprint density at radius 1 is 1.35 bits per heavy atom. The SMILES string of the molecule is CC(NC1CC2[C@](C)(CC[C@@H](O)[C@@]2(C)CO)C(/C=C/c2cc(C=c3nc4c(n3C)=NC(=N)NC4=O)oc2O)C12CO2)C(=O)NC1=NCC=N1. The first-order chi connectivity index (χ1) is 23.3. The minimum Gasteiger partial charge on any atom is -0.480 e. The number of aliphatic hydroxyl groups excluding tert-OH is 2. The Hall–Kier alpha value is -4.51. The number of fused-ring (bicyclic) bond motifs is 2. The highest BCUT2D eigenvalue weighted by Gasteiger charge is 2.70. The van der Waals surface area contributed by atoms with Crippen LogP contribution < -0.4 is 26.9 Å². The van der Waals surface area contributed by atoms with E-state index in [0.29, 0.717) is 43.5 Å². The summed E-state index contributed by atoms with van der Waals surface area (Å²) in [5, 5.41) is 49.0. The van der Waals surface area contributed by atoms with Crippen LogP contribution in [0.2, 0.25) is 0 Å². The molecule has 0 radical (unpaired) electrons. The third-order valence-electron chi connectivity index (χ3n) is 11.3. The molecule has 0 bridgehead atoms. The lowest BCUT2D eigenvalue weighted by Crippen LogP contribution is -2.67. The van der Waals surface area contributed by atoms with E-state index in [1.807, 2.05) is 13.0 Å². The maximum Gasteiger partial charge on any atom is 0.289 e. The number of carbonyl (C=O) groups is 2. The summed E-state index contributed by atoms with van der Waals surface area (Å²) in [4.78, 5) is 42.1. The summed E-state index contributed by atoms with van der Waals surface area (Å²) in [5.41, 5.74) is -0.787. The molecule has 2 aromatic rings. The van der Waals surface area contributed by atoms with Gasteiger partial charge in [-0.3, -0.25) is 25.6 Å². The third-order valence-corrected chi connectivity index (χ3v) is 11.3. The fourth-order valence-electron chi connectivity index (χ4n) is 8.44. The molecule has 2 saturated carbocycles. The molecule has 7 rings (SSSR count). The Kier molecular flexibility index (Phi) is 7.97. The van der Waals surface area contributed by atoms with E-state index in [-0.39, 0.29) is 65.2 Å². The van der Waals surface area contributed by atoms with Gasteiger partial charge >= 0.3 is 0 Å². The predicted octanol–water partition coefficient (Wildman–Crippen LogP) is -0.674. The number of hydrogen-bond acceptors (Lipinski definition) is 12. The Labute approximate surface area is 281 Å². The standard InChI is InChI=1S/C33H41N9O7/c1-16(26(45)41-30-35-9-10-36-30)37-21-13-20-31(2,8-7-22(44)32(20,3)14-43)19(33(21)15-48-33)6-5-17-11-18(49-28(17)47)12-23-38-24-25(42(23)4)39-29(34)40-27(24)46/h5-6,9,11-12,16,19-22,37,43-44,47H,7-8,10,13-15H2,1-4H3,(H2,34,40,46)(H,36,41,45)/b6-5+,23-12?/t16?,19?,20?,21?,22-,31-,32+,33?/m1/s1. The summed E-state index contributed by atoms with van der Waals surface area (Å²) >= 11 is 0. The molecule has 0 aromatic carbocycles. The van der Waals surface area contributed by atoms with Crippen molar-refractivity contribution in [3.8, 4) is 5.95 Å². The zero-order chi connectivity index (χ0) is 34.9. The number of carbonyl (C=O) groups excluding carboxylic acids is 2. The largest absolute Gasteiger partial charge is 0.480 e. The van der Waals surface area contributed by atoms with Crippen molar-refractivity contribution in [1.29, 1.82) is 5.41 Å². The number of furan rings is 1. The summed E-state index contributed by atoms with van der Waals surface area (Å²) in [7, 11) is 1.67. The molecule has 8 atom stereocenters. The second kappa shape index (κ2) is 11.8. The Bertz CT molecular complexity index is 1940. The number of ether oxygens (including phenoxy) is 1. The van der Waals surface area contributed by atoms with Crippen LogP contribution in [0.25, 0.3) is 12.2 Å². The lowest BCUT2D eigenvalue weighted by molar-refractivity contribution is -0.174. The monoisotopic (exact) mass is 675 g/mol. The van der Waals surface area contributed by atoms with Crippen LogP contribution in [0.4, 0.5) is 0 Å². The molecule has 2 aromatic heterocycles. The molecule has 5 aliphatic rings. The Balaban J connectivity index is 1.21. The lowest BCUT2D eigenvalue weighted by atomic mass is 9.44. The minimum absolute atomic E-state index is 0.0821. The molecule has 3 fully saturated rings. The number of hydrogen-bond donors (Lipinski definition) is 7. The number of aliphatic imine (C=N–C) groups is 2. The fourth-order valence-corrected chi connectivity index (χ4v) is 8.44. The highest BCUT2D eigenvalue weighted by Crippen LogP contribution is 2.66. The smallest absolute Gasteiger partial charge is 0.289 e. The van der Waals surface area contributed by atoms with Gasteiger partial charge < -0.3 is 34.4 Å². The highest BCUT2D eigenvalue weighted by molar-refractivity contribution is 6.06. The van der Waals surface area contributed by atoms with Gasteiger partial charge in [0.1, 0.15) is 16.8 Å². The van der Waals surface area contributed by atoms with Gasteiger partial charge in [0.2, 0.25) is 17.8 Å². The van der Waals surface area contributed by atoms with E-state index in [1.54, 1.807) is 43.0 Å². The van der Waals surface area contributed by atoms with Crippen molar-refractivity contribution in [3.05, 3.63) is 40.1 Å². The molecule has 7 N–H and O–H groups in total. The second-order valence-corrected chi connectivity index (χ2v) is 14.2. The average Bonchev–Trinajstić information content (AvgIpc) is 3.33. The Morgan fingerprint density at radius 2 is 2.12 bits per heavy atom. The normalized spacial score (nSPS) is 34.4. The number of nitrogens with zero attached hydrogens (tertiary/aromatic N) is 5. The number of aromatic hydroxyl groups is 1. The molecular weight excluding hydrogens is 634 g/mol. The average molecular weight is 676 g/mol. The van der Waals surface area contributed by atoms with Crippen molar-refractivity contribution < 1.29 is 34.1 Å². The number of nitrogens with one attached hydrogen (secondary N) is 4. The van der Waals surface area contributed by atoms with Crippen molar-refractivity contribution in [2.45, 2.75) is 63.8 Å². The van der Waals surface area contributed by atoms with Gasteiger partial charge in [0.05, 0.1) is 37.5 Å². The molecule has 2 amide bonds. The number of amides is 2. The van der Waals surface area contributed by atoms with E-state index >= 15 is 0 Å². The number of rotatable bonds is 7. The predicted molar refractivity (Wildman–Crippen MR) is 176 cm³/mol. The van der Waals surface area contributed by atoms with E-state index in [4.69, 9.17) is 14.6 Å². The number of imidazole rings is 1. The van der Waals surface area contributed by atoms with Crippen LogP contribution in [0.15, 0.2) is 31.5 Å². The van der Waals surface area contributed by atoms with Crippen LogP contribution in [0.1, 0.15) is 61.8 Å². The molecule has 5 unspecified atom stereocenters. The molecule has 1 spiro atoms. The number of guanidine groups is 2. The van der Waals surface area contributed by atoms with Crippen molar-refractivity contribution >= 4 is 42.1 Å². The molecule has 16 heteroatoms. The number of aromatic nitrogens is 2. The highest BCUT2D eigenvalue weighted by atomic mass is 16.6. The van der Waals surface area contributed by atoms with Crippen molar-refractivity contribution in [1.82, 2.24) is 25.5 Å². The molecule has 2 aliphatic carbocycles. The molecule has 16 nitrogen and oxygen atoms in total. The van der Waals surface area contributed by atoms with Crippen molar-refractivity contribution in [2.75, 3.05) is 19.8 Å². The maximum absolute atomic E-state index is 13.1. The maximum atomic E-state index is 13.1. The zero-order valence-corrected chi connectivity index (χ0v) is 27.7. The van der Waals surface area contributed by atoms with Gasteiger partial charge in [-0.1, -0.05) is 26.0 Å². The topological polar surface area (TPSA) is 235 Å². The van der Waals surface area contributed by atoms with Crippen molar-refractivity contribution in [2.24, 2.45) is 44.7 Å². The van der Waals surface area contributed by atoms with Crippen LogP contribution in [-0.4, -0.2) is 98.4 Å². The van der Waals surface area contributed by atoms with Gasteiger partial charge in [-0.15, -0.1) is 0 Å². The fraction of sp³-hybridized carbons (Fsp3) is 0.545. The molecule has 49 heavy (non-hydrogen) atoms. The van der Waals surface area contributed by atoms with E-state index in [9.17, 15) is 24.9 Å². The molecule has 3 aliphatic heterocycles. The van der Waals surface area contributed by atoms with Gasteiger partial charge in [0.25, 0.3) is 11.9 Å². The van der Waals surface area contributed by atoms with Crippen molar-refractivity contribution in [3.63, 3.8) is 0 Å². The second-order valence-electron chi connectivity index (χ2n) is 14.2. The quantitative estimate of drug-likeness (QED) is 0.184. The summed E-state index contributed by atoms with van der Waals surface area (Å²) in [5.74, 6) is -1.21. The van der Waals surface area contributed by atoms with Crippen LogP contribution in [0.3, 0.4) is 0 Å². The van der Waals surface area contributed by atoms with Crippen LogP contribution in [0.5, 0.6) is 5.95 Å².